The Bertz CT molecular complexity index is 1430. The molecule has 5 rings (SSSR count). The second-order valence-electron chi connectivity index (χ2n) is 8.10. The molecule has 0 bridgehead atoms. The number of pyridine rings is 1. The average Bonchev–Trinajstić information content (AvgIpc) is 3.10. The van der Waals surface area contributed by atoms with Crippen LogP contribution in [-0.2, 0) is 4.79 Å². The molecule has 8 nitrogen and oxygen atoms in total. The van der Waals surface area contributed by atoms with E-state index in [0.29, 0.717) is 41.0 Å². The molecule has 2 aromatic carbocycles. The molecule has 34 heavy (non-hydrogen) atoms. The molecule has 0 atom stereocenters. The first-order valence-electron chi connectivity index (χ1n) is 10.5. The summed E-state index contributed by atoms with van der Waals surface area (Å²) in [4.78, 5) is 27.5. The molecule has 10 heteroatoms. The van der Waals surface area contributed by atoms with Gasteiger partial charge < -0.3 is 15.7 Å². The van der Waals surface area contributed by atoms with Gasteiger partial charge in [0.2, 0.25) is 5.91 Å². The number of carboxylic acid groups (broad SMARTS) is 1. The summed E-state index contributed by atoms with van der Waals surface area (Å²) in [6, 6.07) is 11.4. The van der Waals surface area contributed by atoms with Crippen molar-refractivity contribution in [2.45, 2.75) is 12.8 Å². The van der Waals surface area contributed by atoms with Gasteiger partial charge in [-0.2, -0.15) is 5.10 Å². The monoisotopic (exact) mass is 463 g/mol. The molecule has 0 aliphatic carbocycles. The SMILES string of the molecule is CC(=O)Nc1ccc(-c2cc(C(=O)O)nc3c2c(C2CNC2)nn3-c2cc(F)cc(F)c2)cc1. The van der Waals surface area contributed by atoms with Gasteiger partial charge in [-0.3, -0.25) is 4.79 Å². The number of amides is 1. The van der Waals surface area contributed by atoms with Crippen molar-refractivity contribution in [2.24, 2.45) is 0 Å². The van der Waals surface area contributed by atoms with Crippen LogP contribution in [0, 0.1) is 11.6 Å². The summed E-state index contributed by atoms with van der Waals surface area (Å²) in [6.45, 7) is 2.72. The van der Waals surface area contributed by atoms with E-state index in [2.05, 4.69) is 20.7 Å². The van der Waals surface area contributed by atoms with E-state index in [1.807, 2.05) is 0 Å². The van der Waals surface area contributed by atoms with E-state index in [9.17, 15) is 23.5 Å². The average molecular weight is 463 g/mol. The highest BCUT2D eigenvalue weighted by Gasteiger charge is 2.29. The second-order valence-corrected chi connectivity index (χ2v) is 8.10. The number of hydrogen-bond acceptors (Lipinski definition) is 5. The summed E-state index contributed by atoms with van der Waals surface area (Å²) in [6.07, 6.45) is 0. The number of anilines is 1. The Morgan fingerprint density at radius 1 is 1.09 bits per heavy atom. The fourth-order valence-corrected chi connectivity index (χ4v) is 4.03. The number of nitrogens with one attached hydrogen (secondary N) is 2. The van der Waals surface area contributed by atoms with Crippen LogP contribution in [0.5, 0.6) is 0 Å². The van der Waals surface area contributed by atoms with Gasteiger partial charge in [-0.1, -0.05) is 12.1 Å². The highest BCUT2D eigenvalue weighted by molar-refractivity contribution is 6.00. The van der Waals surface area contributed by atoms with E-state index in [1.165, 1.54) is 17.7 Å². The van der Waals surface area contributed by atoms with E-state index in [0.717, 1.165) is 18.2 Å². The summed E-state index contributed by atoms with van der Waals surface area (Å²) in [5, 5.41) is 20.8. The molecule has 1 fully saturated rings. The largest absolute Gasteiger partial charge is 0.477 e. The number of halogens is 2. The molecule has 4 aromatic rings. The van der Waals surface area contributed by atoms with Crippen LogP contribution in [-0.4, -0.2) is 44.8 Å². The lowest BCUT2D eigenvalue weighted by Gasteiger charge is -2.26. The molecular weight excluding hydrogens is 444 g/mol. The molecule has 0 radical (unpaired) electrons. The molecular formula is C24H19F2N5O3. The van der Waals surface area contributed by atoms with Crippen molar-refractivity contribution in [3.05, 3.63) is 71.6 Å². The third-order valence-electron chi connectivity index (χ3n) is 5.66. The predicted octanol–water partition coefficient (Wildman–Crippen LogP) is 3.71. The first kappa shape index (κ1) is 21.7. The van der Waals surface area contributed by atoms with Gasteiger partial charge in [-0.05, 0) is 41.5 Å². The smallest absolute Gasteiger partial charge is 0.354 e. The van der Waals surface area contributed by atoms with Crippen LogP contribution in [0.3, 0.4) is 0 Å². The summed E-state index contributed by atoms with van der Waals surface area (Å²) < 4.78 is 29.3. The molecule has 1 aliphatic rings. The quantitative estimate of drug-likeness (QED) is 0.416. The maximum absolute atomic E-state index is 14.0. The Kier molecular flexibility index (Phi) is 5.29. The summed E-state index contributed by atoms with van der Waals surface area (Å²) in [7, 11) is 0. The van der Waals surface area contributed by atoms with Crippen LogP contribution >= 0.6 is 0 Å². The zero-order chi connectivity index (χ0) is 24.0. The second kappa shape index (κ2) is 8.31. The third kappa shape index (κ3) is 3.88. The molecule has 3 N–H and O–H groups in total. The Morgan fingerprint density at radius 3 is 2.32 bits per heavy atom. The van der Waals surface area contributed by atoms with E-state index >= 15 is 0 Å². The van der Waals surface area contributed by atoms with Gasteiger partial charge in [0.25, 0.3) is 0 Å². The number of nitrogens with zero attached hydrogens (tertiary/aromatic N) is 3. The lowest BCUT2D eigenvalue weighted by molar-refractivity contribution is -0.114. The van der Waals surface area contributed by atoms with Crippen molar-refractivity contribution in [2.75, 3.05) is 18.4 Å². The van der Waals surface area contributed by atoms with Gasteiger partial charge in [0.05, 0.1) is 16.8 Å². The molecule has 1 saturated heterocycles. The Labute approximate surface area is 192 Å². The van der Waals surface area contributed by atoms with Crippen LogP contribution in [0.4, 0.5) is 14.5 Å². The number of aromatic carboxylic acids is 1. The van der Waals surface area contributed by atoms with E-state index in [1.54, 1.807) is 24.3 Å². The van der Waals surface area contributed by atoms with Gasteiger partial charge in [0, 0.05) is 37.7 Å². The van der Waals surface area contributed by atoms with Gasteiger partial charge in [-0.25, -0.2) is 23.2 Å². The van der Waals surface area contributed by atoms with Crippen molar-refractivity contribution in [1.82, 2.24) is 20.1 Å². The number of aromatic nitrogens is 3. The van der Waals surface area contributed by atoms with Crippen molar-refractivity contribution in [1.29, 1.82) is 0 Å². The third-order valence-corrected chi connectivity index (χ3v) is 5.66. The number of carbonyl (C=O) groups is 2. The lowest BCUT2D eigenvalue weighted by atomic mass is 9.93. The van der Waals surface area contributed by atoms with Crippen molar-refractivity contribution < 1.29 is 23.5 Å². The highest BCUT2D eigenvalue weighted by Crippen LogP contribution is 2.37. The number of carbonyl (C=O) groups excluding carboxylic acids is 1. The predicted molar refractivity (Wildman–Crippen MR) is 121 cm³/mol. The fourth-order valence-electron chi connectivity index (χ4n) is 4.03. The maximum atomic E-state index is 14.0. The highest BCUT2D eigenvalue weighted by atomic mass is 19.1. The number of rotatable bonds is 5. The topological polar surface area (TPSA) is 109 Å². The number of carboxylic acids is 1. The minimum atomic E-state index is -1.25. The van der Waals surface area contributed by atoms with E-state index in [4.69, 9.17) is 0 Å². The number of fused-ring (bicyclic) bond motifs is 1. The van der Waals surface area contributed by atoms with E-state index < -0.39 is 17.6 Å². The minimum Gasteiger partial charge on any atom is -0.477 e. The van der Waals surface area contributed by atoms with Crippen LogP contribution in [0.1, 0.15) is 29.0 Å². The molecule has 2 aromatic heterocycles. The fraction of sp³-hybridized carbons (Fsp3) is 0.167. The first-order chi connectivity index (χ1) is 16.3. The van der Waals surface area contributed by atoms with Crippen molar-refractivity contribution in [3.8, 4) is 16.8 Å². The van der Waals surface area contributed by atoms with E-state index in [-0.39, 0.29) is 28.9 Å². The van der Waals surface area contributed by atoms with Gasteiger partial charge >= 0.3 is 5.97 Å². The Hall–Kier alpha value is -4.18. The summed E-state index contributed by atoms with van der Waals surface area (Å²) in [5.74, 6) is -3.00. The lowest BCUT2D eigenvalue weighted by Crippen LogP contribution is -2.40. The normalized spacial score (nSPS) is 13.6. The minimum absolute atomic E-state index is 0.0250. The van der Waals surface area contributed by atoms with Crippen LogP contribution in [0.2, 0.25) is 0 Å². The summed E-state index contributed by atoms with van der Waals surface area (Å²) >= 11 is 0. The molecule has 0 saturated carbocycles. The molecule has 3 heterocycles. The molecule has 1 aliphatic heterocycles. The van der Waals surface area contributed by atoms with Crippen LogP contribution in [0.15, 0.2) is 48.5 Å². The number of hydrogen-bond donors (Lipinski definition) is 3. The maximum Gasteiger partial charge on any atom is 0.354 e. The molecule has 172 valence electrons. The summed E-state index contributed by atoms with van der Waals surface area (Å²) in [5.41, 5.74) is 2.56. The Balaban J connectivity index is 1.79. The standard InChI is InChI=1S/C24H19F2N5O3/c1-12(32)28-17-4-2-13(3-5-17)19-9-20(24(33)34)29-23-21(19)22(14-10-27-11-14)30-31(23)18-7-15(25)6-16(26)8-18/h2-9,14,27H,10-11H2,1H3,(H,28,32)(H,33,34). The number of benzene rings is 2. The first-order valence-corrected chi connectivity index (χ1v) is 10.5. The zero-order valence-electron chi connectivity index (χ0n) is 18.0. The van der Waals surface area contributed by atoms with Crippen LogP contribution in [0.25, 0.3) is 27.8 Å². The van der Waals surface area contributed by atoms with Gasteiger partial charge in [0.15, 0.2) is 11.3 Å². The molecule has 1 amide bonds. The van der Waals surface area contributed by atoms with Crippen molar-refractivity contribution >= 4 is 28.6 Å². The van der Waals surface area contributed by atoms with Gasteiger partial charge in [0.1, 0.15) is 11.6 Å². The van der Waals surface area contributed by atoms with Gasteiger partial charge in [-0.15, -0.1) is 0 Å². The zero-order valence-corrected chi connectivity index (χ0v) is 18.0. The molecule has 0 spiro atoms. The van der Waals surface area contributed by atoms with Crippen LogP contribution < -0.4 is 10.6 Å². The Morgan fingerprint density at radius 2 is 1.76 bits per heavy atom. The van der Waals surface area contributed by atoms with Crippen molar-refractivity contribution in [3.63, 3.8) is 0 Å². The molecule has 0 unspecified atom stereocenters.